The van der Waals surface area contributed by atoms with Gasteiger partial charge in [0, 0.05) is 22.2 Å². The minimum Gasteiger partial charge on any atom is -0.358 e. The fourth-order valence-electron chi connectivity index (χ4n) is 2.56. The number of aromatic amines is 1. The van der Waals surface area contributed by atoms with Gasteiger partial charge in [0.1, 0.15) is 0 Å². The van der Waals surface area contributed by atoms with Crippen molar-refractivity contribution in [1.82, 2.24) is 15.8 Å². The number of amides is 2. The summed E-state index contributed by atoms with van der Waals surface area (Å²) in [5, 5.41) is 1.02. The molecule has 3 rings (SSSR count). The Morgan fingerprint density at radius 2 is 1.65 bits per heavy atom. The second-order valence-electron chi connectivity index (χ2n) is 5.32. The van der Waals surface area contributed by atoms with E-state index in [0.717, 1.165) is 22.2 Å². The molecule has 5 heteroatoms. The number of rotatable bonds is 3. The number of hydrogen-bond donors (Lipinski definition) is 3. The van der Waals surface area contributed by atoms with Crippen molar-refractivity contribution >= 4 is 22.7 Å². The first-order valence-corrected chi connectivity index (χ1v) is 7.35. The highest BCUT2D eigenvalue weighted by Crippen LogP contribution is 2.22. The van der Waals surface area contributed by atoms with Gasteiger partial charge in [0.2, 0.25) is 5.91 Å². The molecule has 0 saturated carbocycles. The molecule has 0 aliphatic heterocycles. The van der Waals surface area contributed by atoms with E-state index in [-0.39, 0.29) is 18.2 Å². The average Bonchev–Trinajstić information content (AvgIpc) is 2.89. The first-order chi connectivity index (χ1) is 11.1. The molecule has 0 atom stereocenters. The van der Waals surface area contributed by atoms with Gasteiger partial charge in [-0.2, -0.15) is 0 Å². The van der Waals surface area contributed by atoms with Crippen LogP contribution in [0.3, 0.4) is 0 Å². The topological polar surface area (TPSA) is 74.0 Å². The Morgan fingerprint density at radius 3 is 2.43 bits per heavy atom. The number of hydrogen-bond acceptors (Lipinski definition) is 2. The van der Waals surface area contributed by atoms with Crippen LogP contribution in [-0.4, -0.2) is 16.8 Å². The van der Waals surface area contributed by atoms with E-state index in [4.69, 9.17) is 0 Å². The Balaban J connectivity index is 1.65. The highest BCUT2D eigenvalue weighted by atomic mass is 16.2. The fraction of sp³-hybridized carbons (Fsp3) is 0.111. The molecule has 1 heterocycles. The molecule has 0 aliphatic carbocycles. The van der Waals surface area contributed by atoms with Gasteiger partial charge in [-0.3, -0.25) is 20.4 Å². The molecule has 0 spiro atoms. The van der Waals surface area contributed by atoms with Gasteiger partial charge in [-0.05, 0) is 30.7 Å². The molecule has 2 aromatic carbocycles. The van der Waals surface area contributed by atoms with E-state index in [2.05, 4.69) is 15.8 Å². The van der Waals surface area contributed by atoms with Gasteiger partial charge in [0.05, 0.1) is 6.42 Å². The summed E-state index contributed by atoms with van der Waals surface area (Å²) in [6, 6.07) is 16.6. The second-order valence-corrected chi connectivity index (χ2v) is 5.32. The average molecular weight is 307 g/mol. The van der Waals surface area contributed by atoms with Crippen molar-refractivity contribution in [1.29, 1.82) is 0 Å². The number of hydrazine groups is 1. The van der Waals surface area contributed by atoms with Crippen molar-refractivity contribution in [3.63, 3.8) is 0 Å². The number of carbonyl (C=O) groups excluding carboxylic acids is 2. The molecule has 0 fully saturated rings. The van der Waals surface area contributed by atoms with E-state index >= 15 is 0 Å². The monoisotopic (exact) mass is 307 g/mol. The summed E-state index contributed by atoms with van der Waals surface area (Å²) < 4.78 is 0. The molecule has 0 saturated heterocycles. The Labute approximate surface area is 133 Å². The van der Waals surface area contributed by atoms with Crippen LogP contribution in [0.4, 0.5) is 0 Å². The van der Waals surface area contributed by atoms with Gasteiger partial charge in [-0.1, -0.05) is 36.4 Å². The third kappa shape index (κ3) is 3.23. The predicted molar refractivity (Wildman–Crippen MR) is 88.8 cm³/mol. The summed E-state index contributed by atoms with van der Waals surface area (Å²) in [6.07, 6.45) is 0.199. The molecule has 23 heavy (non-hydrogen) atoms. The SMILES string of the molecule is Cc1[nH]c2ccccc2c1CC(=O)NNC(=O)c1ccccc1. The quantitative estimate of drug-likeness (QED) is 0.650. The Morgan fingerprint density at radius 1 is 0.957 bits per heavy atom. The molecule has 0 radical (unpaired) electrons. The maximum Gasteiger partial charge on any atom is 0.269 e. The van der Waals surface area contributed by atoms with E-state index in [1.54, 1.807) is 24.3 Å². The van der Waals surface area contributed by atoms with E-state index in [0.29, 0.717) is 5.56 Å². The summed E-state index contributed by atoms with van der Waals surface area (Å²) in [5.74, 6) is -0.600. The highest BCUT2D eigenvalue weighted by molar-refractivity contribution is 5.96. The van der Waals surface area contributed by atoms with Crippen LogP contribution >= 0.6 is 0 Å². The first kappa shape index (κ1) is 14.8. The van der Waals surface area contributed by atoms with Crippen LogP contribution in [0.1, 0.15) is 21.6 Å². The minimum atomic E-state index is -0.338. The number of H-pyrrole nitrogens is 1. The molecular formula is C18H17N3O2. The molecular weight excluding hydrogens is 290 g/mol. The summed E-state index contributed by atoms with van der Waals surface area (Å²) in [4.78, 5) is 27.3. The van der Waals surface area contributed by atoms with E-state index in [1.807, 2.05) is 37.3 Å². The van der Waals surface area contributed by atoms with Gasteiger partial charge in [0.25, 0.3) is 5.91 Å². The van der Waals surface area contributed by atoms with Crippen LogP contribution < -0.4 is 10.9 Å². The summed E-state index contributed by atoms with van der Waals surface area (Å²) in [5.41, 5.74) is 8.28. The molecule has 0 unspecified atom stereocenters. The van der Waals surface area contributed by atoms with E-state index in [1.165, 1.54) is 0 Å². The second kappa shape index (κ2) is 6.36. The number of nitrogens with one attached hydrogen (secondary N) is 3. The zero-order chi connectivity index (χ0) is 16.2. The smallest absolute Gasteiger partial charge is 0.269 e. The third-order valence-electron chi connectivity index (χ3n) is 3.72. The number of benzene rings is 2. The van der Waals surface area contributed by atoms with Crippen LogP contribution in [0.15, 0.2) is 54.6 Å². The lowest BCUT2D eigenvalue weighted by atomic mass is 10.1. The highest BCUT2D eigenvalue weighted by Gasteiger charge is 2.13. The number of aromatic nitrogens is 1. The van der Waals surface area contributed by atoms with E-state index < -0.39 is 0 Å². The minimum absolute atomic E-state index is 0.199. The molecule has 2 amide bonds. The van der Waals surface area contributed by atoms with Crippen molar-refractivity contribution in [3.05, 3.63) is 71.4 Å². The molecule has 116 valence electrons. The summed E-state index contributed by atoms with van der Waals surface area (Å²) in [7, 11) is 0. The van der Waals surface area contributed by atoms with Gasteiger partial charge < -0.3 is 4.98 Å². The van der Waals surface area contributed by atoms with Crippen molar-refractivity contribution in [2.75, 3.05) is 0 Å². The number of fused-ring (bicyclic) bond motifs is 1. The largest absolute Gasteiger partial charge is 0.358 e. The van der Waals surface area contributed by atoms with Crippen molar-refractivity contribution in [2.24, 2.45) is 0 Å². The van der Waals surface area contributed by atoms with Gasteiger partial charge >= 0.3 is 0 Å². The zero-order valence-corrected chi connectivity index (χ0v) is 12.7. The Hall–Kier alpha value is -3.08. The van der Waals surface area contributed by atoms with Crippen molar-refractivity contribution in [3.8, 4) is 0 Å². The summed E-state index contributed by atoms with van der Waals surface area (Å²) in [6.45, 7) is 1.94. The Bertz CT molecular complexity index is 853. The number of aryl methyl sites for hydroxylation is 1. The van der Waals surface area contributed by atoms with Gasteiger partial charge in [-0.25, -0.2) is 0 Å². The first-order valence-electron chi connectivity index (χ1n) is 7.35. The lowest BCUT2D eigenvalue weighted by Gasteiger charge is -2.07. The van der Waals surface area contributed by atoms with Crippen LogP contribution in [-0.2, 0) is 11.2 Å². The van der Waals surface area contributed by atoms with Gasteiger partial charge in [-0.15, -0.1) is 0 Å². The molecule has 3 aromatic rings. The van der Waals surface area contributed by atoms with Gasteiger partial charge in [0.15, 0.2) is 0 Å². The lowest BCUT2D eigenvalue weighted by molar-refractivity contribution is -0.121. The van der Waals surface area contributed by atoms with E-state index in [9.17, 15) is 9.59 Å². The van der Waals surface area contributed by atoms with Crippen molar-refractivity contribution < 1.29 is 9.59 Å². The van der Waals surface area contributed by atoms with Crippen LogP contribution in [0.5, 0.6) is 0 Å². The van der Waals surface area contributed by atoms with Crippen LogP contribution in [0.25, 0.3) is 10.9 Å². The lowest BCUT2D eigenvalue weighted by Crippen LogP contribution is -2.42. The zero-order valence-electron chi connectivity index (χ0n) is 12.7. The predicted octanol–water partition coefficient (Wildman–Crippen LogP) is 2.48. The normalized spacial score (nSPS) is 10.5. The standard InChI is InChI=1S/C18H17N3O2/c1-12-15(14-9-5-6-10-16(14)19-12)11-17(22)20-21-18(23)13-7-3-2-4-8-13/h2-10,19H,11H2,1H3,(H,20,22)(H,21,23). The maximum atomic E-state index is 12.1. The molecule has 0 bridgehead atoms. The molecule has 5 nitrogen and oxygen atoms in total. The number of carbonyl (C=O) groups is 2. The third-order valence-corrected chi connectivity index (χ3v) is 3.72. The fourth-order valence-corrected chi connectivity index (χ4v) is 2.56. The molecule has 3 N–H and O–H groups in total. The van der Waals surface area contributed by atoms with Crippen LogP contribution in [0.2, 0.25) is 0 Å². The number of para-hydroxylation sites is 1. The maximum absolute atomic E-state index is 12.1. The Kier molecular flexibility index (Phi) is 4.10. The van der Waals surface area contributed by atoms with Crippen LogP contribution in [0, 0.1) is 6.92 Å². The summed E-state index contributed by atoms with van der Waals surface area (Å²) >= 11 is 0. The van der Waals surface area contributed by atoms with Crippen molar-refractivity contribution in [2.45, 2.75) is 13.3 Å². The molecule has 1 aromatic heterocycles. The molecule has 0 aliphatic rings.